The van der Waals surface area contributed by atoms with Crippen LogP contribution >= 0.6 is 0 Å². The fraction of sp³-hybridized carbons (Fsp3) is 0.500. The molecule has 0 aromatic heterocycles. The van der Waals surface area contributed by atoms with E-state index in [2.05, 4.69) is 10.3 Å². The van der Waals surface area contributed by atoms with Gasteiger partial charge >= 0.3 is 6.09 Å². The average Bonchev–Trinajstić information content (AvgIpc) is 2.76. The Balaban J connectivity index is 2.08. The minimum atomic E-state index is -1.00. The van der Waals surface area contributed by atoms with E-state index in [0.717, 1.165) is 11.1 Å². The Morgan fingerprint density at radius 2 is 1.73 bits per heavy atom. The van der Waals surface area contributed by atoms with E-state index in [1.165, 1.54) is 0 Å². The lowest BCUT2D eigenvalue weighted by Crippen LogP contribution is -2.58. The van der Waals surface area contributed by atoms with E-state index < -0.39 is 23.5 Å². The number of allylic oxidation sites excluding steroid dienone is 2. The van der Waals surface area contributed by atoms with Gasteiger partial charge in [0, 0.05) is 31.6 Å². The van der Waals surface area contributed by atoms with Gasteiger partial charge in [0.1, 0.15) is 5.60 Å². The molecule has 2 amide bonds. The van der Waals surface area contributed by atoms with Crippen LogP contribution in [0.4, 0.5) is 4.79 Å². The monoisotopic (exact) mass is 454 g/mol. The van der Waals surface area contributed by atoms with Gasteiger partial charge in [-0.3, -0.25) is 4.79 Å². The first-order valence-corrected chi connectivity index (χ1v) is 11.1. The van der Waals surface area contributed by atoms with Gasteiger partial charge in [-0.15, -0.1) is 0 Å². The molecule has 1 aromatic carbocycles. The number of carbonyl (C=O) groups is 2. The van der Waals surface area contributed by atoms with Crippen LogP contribution in [0.1, 0.15) is 51.4 Å². The highest BCUT2D eigenvalue weighted by Gasteiger charge is 2.52. The Bertz CT molecular complexity index is 984. The van der Waals surface area contributed by atoms with E-state index >= 15 is 0 Å². The molecule has 178 valence electrons. The summed E-state index contributed by atoms with van der Waals surface area (Å²) in [6.07, 6.45) is 3.73. The van der Waals surface area contributed by atoms with Gasteiger partial charge in [-0.05, 0) is 65.3 Å². The third-order valence-electron chi connectivity index (χ3n) is 6.36. The van der Waals surface area contributed by atoms with Gasteiger partial charge < -0.3 is 19.5 Å². The summed E-state index contributed by atoms with van der Waals surface area (Å²) in [4.78, 5) is 30.2. The molecule has 0 unspecified atom stereocenters. The lowest BCUT2D eigenvalue weighted by atomic mass is 9.65. The van der Waals surface area contributed by atoms with Crippen molar-refractivity contribution in [3.05, 3.63) is 59.2 Å². The van der Waals surface area contributed by atoms with Crippen molar-refractivity contribution in [3.63, 3.8) is 0 Å². The first-order chi connectivity index (χ1) is 15.5. The van der Waals surface area contributed by atoms with Crippen LogP contribution in [0.25, 0.3) is 0 Å². The largest absolute Gasteiger partial charge is 0.444 e. The first-order valence-electron chi connectivity index (χ1n) is 11.1. The quantitative estimate of drug-likeness (QED) is 0.527. The van der Waals surface area contributed by atoms with Gasteiger partial charge in [-0.25, -0.2) is 9.79 Å². The van der Waals surface area contributed by atoms with Crippen molar-refractivity contribution in [1.29, 1.82) is 0 Å². The fourth-order valence-corrected chi connectivity index (χ4v) is 4.62. The van der Waals surface area contributed by atoms with Gasteiger partial charge in [0.05, 0.1) is 11.8 Å². The molecular weight excluding hydrogens is 420 g/mol. The van der Waals surface area contributed by atoms with E-state index in [0.29, 0.717) is 17.7 Å². The van der Waals surface area contributed by atoms with Crippen molar-refractivity contribution >= 4 is 17.7 Å². The number of methoxy groups -OCH3 is 2. The third kappa shape index (κ3) is 5.25. The Morgan fingerprint density at radius 1 is 1.09 bits per heavy atom. The molecule has 0 saturated heterocycles. The topological polar surface area (TPSA) is 86.2 Å². The molecule has 0 heterocycles. The number of rotatable bonds is 4. The number of hydrogen-bond acceptors (Lipinski definition) is 5. The van der Waals surface area contributed by atoms with Crippen LogP contribution < -0.4 is 5.32 Å². The summed E-state index contributed by atoms with van der Waals surface area (Å²) in [6, 6.07) is 8.49. The number of hydrogen-bond donors (Lipinski definition) is 1. The Morgan fingerprint density at radius 3 is 2.30 bits per heavy atom. The second-order valence-electron chi connectivity index (χ2n) is 9.59. The predicted octanol–water partition coefficient (Wildman–Crippen LogP) is 4.69. The number of nitrogens with one attached hydrogen (secondary N) is 1. The van der Waals surface area contributed by atoms with Crippen molar-refractivity contribution in [2.45, 2.75) is 58.5 Å². The fourth-order valence-electron chi connectivity index (χ4n) is 4.62. The van der Waals surface area contributed by atoms with Crippen molar-refractivity contribution < 1.29 is 23.8 Å². The number of carbonyl (C=O) groups excluding carboxylic acids is 2. The number of aliphatic imine (C=N–C) groups is 1. The van der Waals surface area contributed by atoms with Crippen LogP contribution in [0.3, 0.4) is 0 Å². The molecule has 2 aliphatic rings. The lowest BCUT2D eigenvalue weighted by molar-refractivity contribution is -0.214. The maximum Gasteiger partial charge on any atom is 0.408 e. The number of nitrogens with zero attached hydrogens (tertiary/aromatic N) is 1. The molecule has 2 aliphatic carbocycles. The molecule has 3 atom stereocenters. The molecule has 0 bridgehead atoms. The molecule has 0 radical (unpaired) electrons. The van der Waals surface area contributed by atoms with Gasteiger partial charge in [-0.1, -0.05) is 29.3 Å². The molecule has 3 rings (SSSR count). The molecule has 1 N–H and O–H groups in total. The van der Waals surface area contributed by atoms with Crippen molar-refractivity contribution in [1.82, 2.24) is 5.32 Å². The number of alkyl carbamates (subject to hydrolysis) is 1. The minimum Gasteiger partial charge on any atom is -0.444 e. The zero-order chi connectivity index (χ0) is 24.4. The summed E-state index contributed by atoms with van der Waals surface area (Å²) in [5.74, 6) is -1.89. The van der Waals surface area contributed by atoms with Crippen LogP contribution in [0.15, 0.2) is 58.6 Å². The number of fused-ring (bicyclic) bond motifs is 1. The summed E-state index contributed by atoms with van der Waals surface area (Å²) >= 11 is 0. The average molecular weight is 455 g/mol. The van der Waals surface area contributed by atoms with E-state index in [1.807, 2.05) is 46.8 Å². The normalized spacial score (nSPS) is 25.5. The summed E-state index contributed by atoms with van der Waals surface area (Å²) in [5.41, 5.74) is 2.58. The van der Waals surface area contributed by atoms with Gasteiger partial charge in [0.25, 0.3) is 5.91 Å². The van der Waals surface area contributed by atoms with Gasteiger partial charge in [0.15, 0.2) is 5.79 Å². The number of ether oxygens (including phenoxy) is 3. The Labute approximate surface area is 195 Å². The van der Waals surface area contributed by atoms with Crippen LogP contribution in [-0.4, -0.2) is 49.4 Å². The summed E-state index contributed by atoms with van der Waals surface area (Å²) in [7, 11) is 3.19. The summed E-state index contributed by atoms with van der Waals surface area (Å²) in [6.45, 7) is 9.49. The third-order valence-corrected chi connectivity index (χ3v) is 6.36. The standard InChI is InChI=1S/C26H34N2O5/c1-16-15-19-21(22(17(16)2)28-24(30)33-25(3,4)5)20(13-14-26(19,31-6)32-7)27-23(29)18-11-9-8-10-12-18/h8-14,19,21-22H,15H2,1-7H3,(H,28,30)/t19-,21+,22-/m1/s1. The van der Waals surface area contributed by atoms with Crippen LogP contribution in [-0.2, 0) is 14.2 Å². The number of amides is 2. The molecule has 33 heavy (non-hydrogen) atoms. The van der Waals surface area contributed by atoms with E-state index in [4.69, 9.17) is 14.2 Å². The maximum atomic E-state index is 12.9. The molecule has 7 heteroatoms. The highest BCUT2D eigenvalue weighted by atomic mass is 16.7. The second-order valence-corrected chi connectivity index (χ2v) is 9.59. The molecule has 0 spiro atoms. The highest BCUT2D eigenvalue weighted by Crippen LogP contribution is 2.46. The predicted molar refractivity (Wildman–Crippen MR) is 127 cm³/mol. The molecule has 1 aromatic rings. The van der Waals surface area contributed by atoms with E-state index in [1.54, 1.807) is 44.6 Å². The molecular formula is C26H34N2O5. The van der Waals surface area contributed by atoms with Gasteiger partial charge in [0.2, 0.25) is 0 Å². The molecule has 0 fully saturated rings. The van der Waals surface area contributed by atoms with Crippen LogP contribution in [0.2, 0.25) is 0 Å². The van der Waals surface area contributed by atoms with Crippen molar-refractivity contribution in [2.24, 2.45) is 16.8 Å². The first kappa shape index (κ1) is 24.9. The summed E-state index contributed by atoms with van der Waals surface area (Å²) < 4.78 is 17.2. The summed E-state index contributed by atoms with van der Waals surface area (Å²) in [5, 5.41) is 3.03. The van der Waals surface area contributed by atoms with Gasteiger partial charge in [-0.2, -0.15) is 0 Å². The smallest absolute Gasteiger partial charge is 0.408 e. The SMILES string of the molecule is COC1(OC)C=CC(=NC(=O)c2ccccc2)[C@H]2[C@H](NC(=O)OC(C)(C)C)C(C)=C(C)C[C@H]21. The maximum absolute atomic E-state index is 12.9. The zero-order valence-corrected chi connectivity index (χ0v) is 20.5. The minimum absolute atomic E-state index is 0.205. The Kier molecular flexibility index (Phi) is 7.24. The van der Waals surface area contributed by atoms with Crippen molar-refractivity contribution in [3.8, 4) is 0 Å². The zero-order valence-electron chi connectivity index (χ0n) is 20.5. The van der Waals surface area contributed by atoms with E-state index in [9.17, 15) is 9.59 Å². The van der Waals surface area contributed by atoms with Crippen LogP contribution in [0.5, 0.6) is 0 Å². The second kappa shape index (κ2) is 9.61. The molecule has 0 aliphatic heterocycles. The highest BCUT2D eigenvalue weighted by molar-refractivity contribution is 6.09. The van der Waals surface area contributed by atoms with Crippen molar-refractivity contribution in [2.75, 3.05) is 14.2 Å². The van der Waals surface area contributed by atoms with E-state index in [-0.39, 0.29) is 17.7 Å². The molecule has 7 nitrogen and oxygen atoms in total. The molecule has 0 saturated carbocycles. The Hall–Kier alpha value is -2.77. The van der Waals surface area contributed by atoms with Crippen LogP contribution in [0, 0.1) is 11.8 Å². The lowest BCUT2D eigenvalue weighted by Gasteiger charge is -2.49. The number of benzene rings is 1.